The van der Waals surface area contributed by atoms with Crippen molar-refractivity contribution in [2.45, 2.75) is 18.9 Å². The van der Waals surface area contributed by atoms with Crippen molar-refractivity contribution in [2.75, 3.05) is 6.54 Å². The lowest BCUT2D eigenvalue weighted by atomic mass is 10.2. The lowest BCUT2D eigenvalue weighted by Gasteiger charge is -2.20. The SMILES string of the molecule is O=C(O)C1CCCN1C(=O)c1cnc(Cl)cn1. The van der Waals surface area contributed by atoms with Crippen LogP contribution in [0.4, 0.5) is 0 Å². The number of carboxylic acids is 1. The number of aromatic nitrogens is 2. The summed E-state index contributed by atoms with van der Waals surface area (Å²) in [4.78, 5) is 31.8. The Kier molecular flexibility index (Phi) is 3.23. The van der Waals surface area contributed by atoms with Gasteiger partial charge in [0.1, 0.15) is 16.9 Å². The van der Waals surface area contributed by atoms with Gasteiger partial charge in [-0.15, -0.1) is 0 Å². The number of nitrogens with zero attached hydrogens (tertiary/aromatic N) is 3. The Bertz CT molecular complexity index is 449. The largest absolute Gasteiger partial charge is 0.480 e. The molecule has 1 N–H and O–H groups in total. The van der Waals surface area contributed by atoms with E-state index in [-0.39, 0.29) is 10.8 Å². The number of hydrogen-bond acceptors (Lipinski definition) is 4. The van der Waals surface area contributed by atoms with Crippen molar-refractivity contribution >= 4 is 23.5 Å². The molecule has 0 spiro atoms. The normalized spacial score (nSPS) is 19.4. The second kappa shape index (κ2) is 4.67. The first-order valence-corrected chi connectivity index (χ1v) is 5.48. The molecule has 1 aliphatic heterocycles. The van der Waals surface area contributed by atoms with Crippen molar-refractivity contribution in [1.29, 1.82) is 0 Å². The van der Waals surface area contributed by atoms with Crippen LogP contribution in [0.25, 0.3) is 0 Å². The predicted molar refractivity (Wildman–Crippen MR) is 58.7 cm³/mol. The smallest absolute Gasteiger partial charge is 0.326 e. The van der Waals surface area contributed by atoms with E-state index in [0.717, 1.165) is 0 Å². The summed E-state index contributed by atoms with van der Waals surface area (Å²) < 4.78 is 0. The number of rotatable bonds is 2. The molecule has 0 aliphatic carbocycles. The summed E-state index contributed by atoms with van der Waals surface area (Å²) in [7, 11) is 0. The summed E-state index contributed by atoms with van der Waals surface area (Å²) in [6, 6.07) is -0.764. The Hall–Kier alpha value is -1.69. The third-order valence-electron chi connectivity index (χ3n) is 2.64. The first-order chi connectivity index (χ1) is 8.09. The zero-order valence-electron chi connectivity index (χ0n) is 8.84. The van der Waals surface area contributed by atoms with Crippen LogP contribution < -0.4 is 0 Å². The number of carbonyl (C=O) groups is 2. The van der Waals surface area contributed by atoms with E-state index in [1.165, 1.54) is 17.3 Å². The Labute approximate surface area is 102 Å². The molecule has 1 amide bonds. The van der Waals surface area contributed by atoms with Crippen LogP contribution >= 0.6 is 11.6 Å². The molecule has 1 aromatic heterocycles. The van der Waals surface area contributed by atoms with Gasteiger partial charge in [0.25, 0.3) is 5.91 Å². The van der Waals surface area contributed by atoms with Gasteiger partial charge in [-0.05, 0) is 12.8 Å². The molecule has 0 saturated carbocycles. The van der Waals surface area contributed by atoms with Gasteiger partial charge in [0.15, 0.2) is 0 Å². The summed E-state index contributed by atoms with van der Waals surface area (Å²) >= 11 is 5.56. The van der Waals surface area contributed by atoms with Crippen LogP contribution in [0.1, 0.15) is 23.3 Å². The quantitative estimate of drug-likeness (QED) is 0.846. The number of aliphatic carboxylic acids is 1. The number of likely N-dealkylation sites (tertiary alicyclic amines) is 1. The highest BCUT2D eigenvalue weighted by atomic mass is 35.5. The average molecular weight is 256 g/mol. The van der Waals surface area contributed by atoms with E-state index in [1.807, 2.05) is 0 Å². The first-order valence-electron chi connectivity index (χ1n) is 5.11. The number of hydrogen-bond donors (Lipinski definition) is 1. The van der Waals surface area contributed by atoms with E-state index in [2.05, 4.69) is 9.97 Å². The molecule has 0 radical (unpaired) electrons. The van der Waals surface area contributed by atoms with Gasteiger partial charge in [-0.2, -0.15) is 0 Å². The van der Waals surface area contributed by atoms with Crippen LogP contribution in [0, 0.1) is 0 Å². The summed E-state index contributed by atoms with van der Waals surface area (Å²) in [6.45, 7) is 0.431. The molecule has 7 heteroatoms. The second-order valence-electron chi connectivity index (χ2n) is 3.72. The topological polar surface area (TPSA) is 83.4 Å². The average Bonchev–Trinajstić information content (AvgIpc) is 2.78. The molecule has 0 aromatic carbocycles. The molecular weight excluding hydrogens is 246 g/mol. The van der Waals surface area contributed by atoms with Gasteiger partial charge in [-0.1, -0.05) is 11.6 Å². The van der Waals surface area contributed by atoms with E-state index in [4.69, 9.17) is 16.7 Å². The number of halogens is 1. The van der Waals surface area contributed by atoms with Crippen molar-refractivity contribution in [3.05, 3.63) is 23.2 Å². The number of amides is 1. The lowest BCUT2D eigenvalue weighted by Crippen LogP contribution is -2.40. The van der Waals surface area contributed by atoms with E-state index in [9.17, 15) is 9.59 Å². The fourth-order valence-electron chi connectivity index (χ4n) is 1.84. The molecule has 2 rings (SSSR count). The van der Waals surface area contributed by atoms with Crippen LogP contribution in [-0.4, -0.2) is 44.4 Å². The molecular formula is C10H10ClN3O3. The summed E-state index contributed by atoms with van der Waals surface area (Å²) in [5.41, 5.74) is 0.113. The molecule has 1 fully saturated rings. The Balaban J connectivity index is 2.19. The molecule has 6 nitrogen and oxygen atoms in total. The van der Waals surface area contributed by atoms with Gasteiger partial charge >= 0.3 is 5.97 Å². The number of carboxylic acid groups (broad SMARTS) is 1. The molecule has 1 aliphatic rings. The summed E-state index contributed by atoms with van der Waals surface area (Å²) in [5, 5.41) is 9.16. The van der Waals surface area contributed by atoms with Crippen LogP contribution in [0.2, 0.25) is 5.15 Å². The minimum absolute atomic E-state index is 0.113. The molecule has 0 bridgehead atoms. The van der Waals surface area contributed by atoms with Crippen molar-refractivity contribution in [2.24, 2.45) is 0 Å². The zero-order chi connectivity index (χ0) is 12.4. The van der Waals surface area contributed by atoms with Gasteiger partial charge in [-0.3, -0.25) is 4.79 Å². The molecule has 2 heterocycles. The maximum absolute atomic E-state index is 12.0. The monoisotopic (exact) mass is 255 g/mol. The Morgan fingerprint density at radius 3 is 2.76 bits per heavy atom. The van der Waals surface area contributed by atoms with Gasteiger partial charge in [0, 0.05) is 6.54 Å². The maximum Gasteiger partial charge on any atom is 0.326 e. The fourth-order valence-corrected chi connectivity index (χ4v) is 1.93. The minimum atomic E-state index is -0.988. The molecule has 1 atom stereocenters. The van der Waals surface area contributed by atoms with Crippen LogP contribution in [0.5, 0.6) is 0 Å². The zero-order valence-corrected chi connectivity index (χ0v) is 9.59. The summed E-state index contributed by atoms with van der Waals surface area (Å²) in [6.07, 6.45) is 3.67. The highest BCUT2D eigenvalue weighted by Crippen LogP contribution is 2.19. The fraction of sp³-hybridized carbons (Fsp3) is 0.400. The van der Waals surface area contributed by atoms with E-state index >= 15 is 0 Å². The Morgan fingerprint density at radius 2 is 2.18 bits per heavy atom. The first kappa shape index (κ1) is 11.8. The van der Waals surface area contributed by atoms with Crippen molar-refractivity contribution in [3.63, 3.8) is 0 Å². The maximum atomic E-state index is 12.0. The summed E-state index contributed by atoms with van der Waals surface area (Å²) in [5.74, 6) is -1.41. The second-order valence-corrected chi connectivity index (χ2v) is 4.11. The van der Waals surface area contributed by atoms with Crippen LogP contribution in [0.3, 0.4) is 0 Å². The van der Waals surface area contributed by atoms with E-state index in [0.29, 0.717) is 19.4 Å². The predicted octanol–water partition coefficient (Wildman–Crippen LogP) is 0.819. The molecule has 1 unspecified atom stereocenters. The lowest BCUT2D eigenvalue weighted by molar-refractivity contribution is -0.141. The van der Waals surface area contributed by atoms with Gasteiger partial charge in [0.2, 0.25) is 0 Å². The molecule has 17 heavy (non-hydrogen) atoms. The van der Waals surface area contributed by atoms with Crippen LogP contribution in [-0.2, 0) is 4.79 Å². The van der Waals surface area contributed by atoms with Crippen molar-refractivity contribution in [3.8, 4) is 0 Å². The van der Waals surface area contributed by atoms with Crippen molar-refractivity contribution in [1.82, 2.24) is 14.9 Å². The third-order valence-corrected chi connectivity index (χ3v) is 2.83. The number of carbonyl (C=O) groups excluding carboxylic acids is 1. The highest BCUT2D eigenvalue weighted by Gasteiger charge is 2.34. The minimum Gasteiger partial charge on any atom is -0.480 e. The highest BCUT2D eigenvalue weighted by molar-refractivity contribution is 6.29. The van der Waals surface area contributed by atoms with E-state index in [1.54, 1.807) is 0 Å². The molecule has 90 valence electrons. The molecule has 1 aromatic rings. The van der Waals surface area contributed by atoms with Crippen LogP contribution in [0.15, 0.2) is 12.4 Å². The van der Waals surface area contributed by atoms with Gasteiger partial charge in [-0.25, -0.2) is 14.8 Å². The van der Waals surface area contributed by atoms with Gasteiger partial charge in [0.05, 0.1) is 12.4 Å². The van der Waals surface area contributed by atoms with E-state index < -0.39 is 17.9 Å². The van der Waals surface area contributed by atoms with Gasteiger partial charge < -0.3 is 10.0 Å². The van der Waals surface area contributed by atoms with Crippen molar-refractivity contribution < 1.29 is 14.7 Å². The molecule has 1 saturated heterocycles. The Morgan fingerprint density at radius 1 is 1.41 bits per heavy atom. The third kappa shape index (κ3) is 2.36. The standard InChI is InChI=1S/C10H10ClN3O3/c11-8-5-12-6(4-13-8)9(15)14-3-1-2-7(14)10(16)17/h4-5,7H,1-3H2,(H,16,17).